The summed E-state index contributed by atoms with van der Waals surface area (Å²) in [5.74, 6) is 1.54. The molecule has 1 N–H and O–H groups in total. The first-order valence-corrected chi connectivity index (χ1v) is 13.2. The zero-order valence-corrected chi connectivity index (χ0v) is 23.0. The van der Waals surface area contributed by atoms with E-state index in [4.69, 9.17) is 4.74 Å². The van der Waals surface area contributed by atoms with E-state index in [2.05, 4.69) is 26.6 Å². The number of aromatic nitrogens is 5. The van der Waals surface area contributed by atoms with E-state index in [0.717, 1.165) is 28.9 Å². The number of ether oxygens (including phenoxy) is 1. The number of fused-ring (bicyclic) bond motifs is 2. The highest BCUT2D eigenvalue weighted by atomic mass is 16.5. The number of aryl methyl sites for hydroxylation is 1. The number of nitriles is 1. The Kier molecular flexibility index (Phi) is 6.83. The fourth-order valence-corrected chi connectivity index (χ4v) is 4.94. The molecule has 5 aromatic rings. The number of pyridine rings is 1. The van der Waals surface area contributed by atoms with Gasteiger partial charge in [-0.05, 0) is 62.5 Å². The Morgan fingerprint density at radius 1 is 1.17 bits per heavy atom. The number of nitrogens with one attached hydrogen (secondary N) is 1. The van der Waals surface area contributed by atoms with Crippen molar-refractivity contribution in [3.05, 3.63) is 90.2 Å². The molecule has 6 rings (SSSR count). The topological polar surface area (TPSA) is 116 Å². The minimum Gasteiger partial charge on any atom is -0.457 e. The monoisotopic (exact) mass is 547 g/mol. The average molecular weight is 548 g/mol. The van der Waals surface area contributed by atoms with Crippen LogP contribution in [-0.2, 0) is 4.79 Å². The molecule has 1 amide bonds. The van der Waals surface area contributed by atoms with E-state index in [9.17, 15) is 10.1 Å². The largest absolute Gasteiger partial charge is 0.457 e. The van der Waals surface area contributed by atoms with Crippen LogP contribution in [0.1, 0.15) is 22.6 Å². The Labute approximate surface area is 236 Å². The molecule has 0 atom stereocenters. The van der Waals surface area contributed by atoms with Crippen LogP contribution in [0.5, 0.6) is 11.5 Å². The fourth-order valence-electron chi connectivity index (χ4n) is 4.94. The van der Waals surface area contributed by atoms with Gasteiger partial charge in [0.15, 0.2) is 5.65 Å². The van der Waals surface area contributed by atoms with Gasteiger partial charge in [0.25, 0.3) is 0 Å². The fraction of sp³-hybridized carbons (Fsp3) is 0.233. The number of likely N-dealkylation sites (N-methyl/N-ethyl adjacent to an activating group) is 1. The van der Waals surface area contributed by atoms with Crippen LogP contribution in [-0.4, -0.2) is 73.6 Å². The molecule has 206 valence electrons. The Hall–Kier alpha value is -5.21. The molecule has 1 aliphatic heterocycles. The maximum Gasteiger partial charge on any atom is 0.246 e. The lowest BCUT2D eigenvalue weighted by Gasteiger charge is -2.38. The molecule has 5 heterocycles. The summed E-state index contributed by atoms with van der Waals surface area (Å²) >= 11 is 0. The molecule has 41 heavy (non-hydrogen) atoms. The molecule has 1 saturated heterocycles. The minimum atomic E-state index is 0.0138. The lowest BCUT2D eigenvalue weighted by molar-refractivity contribution is -0.130. The predicted molar refractivity (Wildman–Crippen MR) is 154 cm³/mol. The standard InChI is InChI=1S/C30H29N9O2/c1-20-13-23(6-7-26(20)41-24-8-11-38-27(14-24)32-19-34-38)35-29-21(15-31)16-33-39-12-9-25(30(29)39)22-17-37(18-22)28(40)5-4-10-36(2)3/h4-9,11-14,16,19,22,35H,10,17-18H2,1-3H3/b5-4+. The molecular formula is C30H29N9O2. The molecule has 11 heteroatoms. The van der Waals surface area contributed by atoms with Crippen molar-refractivity contribution in [3.63, 3.8) is 0 Å². The van der Waals surface area contributed by atoms with E-state index in [0.29, 0.717) is 41.5 Å². The van der Waals surface area contributed by atoms with Crippen molar-refractivity contribution in [2.75, 3.05) is 39.0 Å². The van der Waals surface area contributed by atoms with Gasteiger partial charge in [0.1, 0.15) is 23.9 Å². The van der Waals surface area contributed by atoms with Gasteiger partial charge in [0.05, 0.1) is 23.0 Å². The molecule has 11 nitrogen and oxygen atoms in total. The van der Waals surface area contributed by atoms with Crippen LogP contribution in [0.2, 0.25) is 0 Å². The molecule has 0 spiro atoms. The van der Waals surface area contributed by atoms with Crippen LogP contribution in [0.15, 0.2) is 73.5 Å². The summed E-state index contributed by atoms with van der Waals surface area (Å²) in [5.41, 5.74) is 5.45. The third kappa shape index (κ3) is 5.20. The number of nitrogens with zero attached hydrogens (tertiary/aromatic N) is 8. The Morgan fingerprint density at radius 2 is 2.00 bits per heavy atom. The van der Waals surface area contributed by atoms with E-state index in [1.165, 1.54) is 6.33 Å². The second-order valence-corrected chi connectivity index (χ2v) is 10.3. The second-order valence-electron chi connectivity index (χ2n) is 10.3. The zero-order valence-electron chi connectivity index (χ0n) is 23.0. The summed E-state index contributed by atoms with van der Waals surface area (Å²) in [5, 5.41) is 21.9. The molecular weight excluding hydrogens is 518 g/mol. The van der Waals surface area contributed by atoms with Crippen molar-refractivity contribution in [3.8, 4) is 17.6 Å². The molecule has 0 aliphatic carbocycles. The maximum atomic E-state index is 12.5. The lowest BCUT2D eigenvalue weighted by Crippen LogP contribution is -2.47. The van der Waals surface area contributed by atoms with Crippen molar-refractivity contribution >= 4 is 28.4 Å². The number of hydrogen-bond acceptors (Lipinski definition) is 8. The van der Waals surface area contributed by atoms with E-state index in [1.54, 1.807) is 27.5 Å². The minimum absolute atomic E-state index is 0.0138. The Balaban J connectivity index is 1.23. The van der Waals surface area contributed by atoms with Gasteiger partial charge < -0.3 is 19.9 Å². The number of rotatable bonds is 8. The number of carbonyl (C=O) groups excluding carboxylic acids is 1. The summed E-state index contributed by atoms with van der Waals surface area (Å²) in [6, 6.07) is 13.8. The van der Waals surface area contributed by atoms with E-state index in [1.807, 2.05) is 79.5 Å². The van der Waals surface area contributed by atoms with Gasteiger partial charge in [-0.15, -0.1) is 0 Å². The molecule has 4 aromatic heterocycles. The first-order valence-electron chi connectivity index (χ1n) is 13.2. The van der Waals surface area contributed by atoms with Crippen molar-refractivity contribution in [2.24, 2.45) is 0 Å². The van der Waals surface area contributed by atoms with Gasteiger partial charge in [-0.2, -0.15) is 15.5 Å². The third-order valence-corrected chi connectivity index (χ3v) is 7.12. The summed E-state index contributed by atoms with van der Waals surface area (Å²) in [6.07, 6.45) is 10.3. The molecule has 1 fully saturated rings. The van der Waals surface area contributed by atoms with Gasteiger partial charge in [-0.1, -0.05) is 6.08 Å². The number of benzene rings is 1. The zero-order chi connectivity index (χ0) is 28.5. The Morgan fingerprint density at radius 3 is 2.78 bits per heavy atom. The molecule has 0 unspecified atom stereocenters. The number of anilines is 2. The van der Waals surface area contributed by atoms with Gasteiger partial charge in [-0.3, -0.25) is 4.79 Å². The predicted octanol–water partition coefficient (Wildman–Crippen LogP) is 4.14. The third-order valence-electron chi connectivity index (χ3n) is 7.12. The van der Waals surface area contributed by atoms with Crippen LogP contribution in [0.25, 0.3) is 11.2 Å². The van der Waals surface area contributed by atoms with Gasteiger partial charge in [-0.25, -0.2) is 14.0 Å². The number of hydrogen-bond donors (Lipinski definition) is 1. The highest BCUT2D eigenvalue weighted by Gasteiger charge is 2.33. The van der Waals surface area contributed by atoms with Crippen molar-refractivity contribution in [1.82, 2.24) is 34.0 Å². The first-order chi connectivity index (χ1) is 19.9. The summed E-state index contributed by atoms with van der Waals surface area (Å²) in [4.78, 5) is 20.6. The second kappa shape index (κ2) is 10.7. The highest BCUT2D eigenvalue weighted by Crippen LogP contribution is 2.37. The summed E-state index contributed by atoms with van der Waals surface area (Å²) in [6.45, 7) is 3.93. The number of carbonyl (C=O) groups is 1. The average Bonchev–Trinajstić information content (AvgIpc) is 3.56. The highest BCUT2D eigenvalue weighted by molar-refractivity contribution is 5.89. The van der Waals surface area contributed by atoms with Gasteiger partial charge in [0.2, 0.25) is 5.91 Å². The van der Waals surface area contributed by atoms with Crippen molar-refractivity contribution in [1.29, 1.82) is 5.26 Å². The molecule has 0 radical (unpaired) electrons. The number of amides is 1. The molecule has 1 aromatic carbocycles. The quantitative estimate of drug-likeness (QED) is 0.288. The Bertz CT molecular complexity index is 1820. The van der Waals surface area contributed by atoms with Gasteiger partial charge in [0, 0.05) is 55.8 Å². The molecule has 0 bridgehead atoms. The van der Waals surface area contributed by atoms with Crippen LogP contribution in [0.4, 0.5) is 11.4 Å². The smallest absolute Gasteiger partial charge is 0.246 e. The summed E-state index contributed by atoms with van der Waals surface area (Å²) < 4.78 is 9.57. The lowest BCUT2D eigenvalue weighted by atomic mass is 9.91. The first kappa shape index (κ1) is 26.0. The normalized spacial score (nSPS) is 13.7. The van der Waals surface area contributed by atoms with Crippen LogP contribution >= 0.6 is 0 Å². The van der Waals surface area contributed by atoms with E-state index < -0.39 is 0 Å². The maximum absolute atomic E-state index is 12.5. The van der Waals surface area contributed by atoms with Crippen LogP contribution < -0.4 is 10.1 Å². The van der Waals surface area contributed by atoms with Crippen LogP contribution in [0, 0.1) is 18.3 Å². The SMILES string of the molecule is Cc1cc(Nc2c(C#N)cnn3ccc(C4CN(C(=O)/C=C/CN(C)C)C4)c23)ccc1Oc1ccn2ncnc2c1. The van der Waals surface area contributed by atoms with Crippen molar-refractivity contribution in [2.45, 2.75) is 12.8 Å². The molecule has 1 aliphatic rings. The van der Waals surface area contributed by atoms with Crippen molar-refractivity contribution < 1.29 is 9.53 Å². The van der Waals surface area contributed by atoms with E-state index in [-0.39, 0.29) is 11.8 Å². The number of likely N-dealkylation sites (tertiary alicyclic amines) is 1. The van der Waals surface area contributed by atoms with Crippen LogP contribution in [0.3, 0.4) is 0 Å². The van der Waals surface area contributed by atoms with E-state index >= 15 is 0 Å². The molecule has 0 saturated carbocycles. The van der Waals surface area contributed by atoms with Gasteiger partial charge >= 0.3 is 0 Å². The summed E-state index contributed by atoms with van der Waals surface area (Å²) in [7, 11) is 3.93.